The van der Waals surface area contributed by atoms with Gasteiger partial charge in [-0.05, 0) is 19.1 Å². The Bertz CT molecular complexity index is 519. The number of hydrogen-bond acceptors (Lipinski definition) is 4. The number of nitrogens with two attached hydrogens (primary N) is 1. The zero-order valence-electron chi connectivity index (χ0n) is 7.85. The number of aromatic nitrogens is 5. The standard InChI is InChI=1S/C7H10N6S/c1-4-5(3-9-12(4)2)6-10-11-7(14)13(6)8/h3H,8H2,1-2H3,(H,11,14). The van der Waals surface area contributed by atoms with E-state index in [-0.39, 0.29) is 0 Å². The second-order valence-electron chi connectivity index (χ2n) is 2.99. The van der Waals surface area contributed by atoms with Crippen LogP contribution in [0.4, 0.5) is 0 Å². The molecule has 2 aromatic rings. The fourth-order valence-corrected chi connectivity index (χ4v) is 1.35. The summed E-state index contributed by atoms with van der Waals surface area (Å²) in [5.41, 5.74) is 1.87. The Kier molecular flexibility index (Phi) is 1.88. The molecule has 0 aliphatic rings. The van der Waals surface area contributed by atoms with Gasteiger partial charge in [0.15, 0.2) is 5.82 Å². The van der Waals surface area contributed by atoms with Crippen LogP contribution in [-0.2, 0) is 7.05 Å². The Labute approximate surface area is 85.3 Å². The summed E-state index contributed by atoms with van der Waals surface area (Å²) in [5.74, 6) is 6.29. The lowest BCUT2D eigenvalue weighted by Crippen LogP contribution is -2.10. The number of nitrogens with zero attached hydrogens (tertiary/aromatic N) is 4. The van der Waals surface area contributed by atoms with Gasteiger partial charge in [-0.1, -0.05) is 0 Å². The molecule has 0 aromatic carbocycles. The molecule has 14 heavy (non-hydrogen) atoms. The molecule has 2 aromatic heterocycles. The highest BCUT2D eigenvalue weighted by atomic mass is 32.1. The molecule has 0 aliphatic carbocycles. The van der Waals surface area contributed by atoms with E-state index in [0.717, 1.165) is 11.3 Å². The SMILES string of the molecule is Cc1c(-c2n[nH]c(=S)n2N)cnn1C. The molecule has 6 nitrogen and oxygen atoms in total. The average molecular weight is 210 g/mol. The van der Waals surface area contributed by atoms with Crippen molar-refractivity contribution >= 4 is 12.2 Å². The van der Waals surface area contributed by atoms with Gasteiger partial charge in [0.25, 0.3) is 0 Å². The molecule has 0 spiro atoms. The van der Waals surface area contributed by atoms with Crippen LogP contribution in [0.1, 0.15) is 5.69 Å². The lowest BCUT2D eigenvalue weighted by molar-refractivity contribution is 0.740. The van der Waals surface area contributed by atoms with Gasteiger partial charge in [0.05, 0.1) is 11.8 Å². The normalized spacial score (nSPS) is 10.7. The zero-order valence-corrected chi connectivity index (χ0v) is 8.67. The van der Waals surface area contributed by atoms with Crippen LogP contribution in [0.5, 0.6) is 0 Å². The molecule has 0 radical (unpaired) electrons. The number of rotatable bonds is 1. The molecule has 0 bridgehead atoms. The van der Waals surface area contributed by atoms with E-state index in [2.05, 4.69) is 15.3 Å². The predicted molar refractivity (Wildman–Crippen MR) is 54.5 cm³/mol. The van der Waals surface area contributed by atoms with E-state index in [0.29, 0.717) is 10.6 Å². The van der Waals surface area contributed by atoms with Crippen molar-refractivity contribution in [2.75, 3.05) is 5.84 Å². The predicted octanol–water partition coefficient (Wildman–Crippen LogP) is 0.363. The van der Waals surface area contributed by atoms with Gasteiger partial charge in [-0.15, -0.1) is 0 Å². The molecule has 3 N–H and O–H groups in total. The van der Waals surface area contributed by atoms with Crippen LogP contribution in [0.3, 0.4) is 0 Å². The number of nitrogen functional groups attached to an aromatic ring is 1. The Morgan fingerprint density at radius 3 is 2.71 bits per heavy atom. The van der Waals surface area contributed by atoms with E-state index >= 15 is 0 Å². The first-order valence-corrected chi connectivity index (χ1v) is 4.43. The van der Waals surface area contributed by atoms with Crippen LogP contribution in [0.15, 0.2) is 6.20 Å². The van der Waals surface area contributed by atoms with Crippen molar-refractivity contribution in [3.63, 3.8) is 0 Å². The molecule has 0 atom stereocenters. The van der Waals surface area contributed by atoms with Crippen molar-refractivity contribution in [3.05, 3.63) is 16.7 Å². The number of hydrogen-bond donors (Lipinski definition) is 2. The lowest BCUT2D eigenvalue weighted by atomic mass is 10.2. The second-order valence-corrected chi connectivity index (χ2v) is 3.38. The molecule has 2 heterocycles. The number of aryl methyl sites for hydroxylation is 1. The maximum absolute atomic E-state index is 5.69. The molecule has 0 unspecified atom stereocenters. The molecule has 0 aliphatic heterocycles. The molecule has 2 rings (SSSR count). The van der Waals surface area contributed by atoms with Crippen LogP contribution < -0.4 is 5.84 Å². The largest absolute Gasteiger partial charge is 0.335 e. The van der Waals surface area contributed by atoms with Crippen LogP contribution >= 0.6 is 12.2 Å². The van der Waals surface area contributed by atoms with Crippen molar-refractivity contribution in [1.82, 2.24) is 24.7 Å². The van der Waals surface area contributed by atoms with Gasteiger partial charge in [0.1, 0.15) is 0 Å². The highest BCUT2D eigenvalue weighted by Crippen LogP contribution is 2.18. The molecular weight excluding hydrogens is 200 g/mol. The van der Waals surface area contributed by atoms with Gasteiger partial charge < -0.3 is 5.84 Å². The summed E-state index contributed by atoms with van der Waals surface area (Å²) in [5, 5.41) is 10.8. The van der Waals surface area contributed by atoms with Crippen molar-refractivity contribution in [2.45, 2.75) is 6.92 Å². The monoisotopic (exact) mass is 210 g/mol. The average Bonchev–Trinajstić information content (AvgIpc) is 2.63. The molecule has 0 amide bonds. The third-order valence-corrected chi connectivity index (χ3v) is 2.47. The number of H-pyrrole nitrogens is 1. The minimum atomic E-state index is 0.392. The first kappa shape index (κ1) is 8.95. The molecule has 74 valence electrons. The first-order chi connectivity index (χ1) is 6.61. The van der Waals surface area contributed by atoms with E-state index in [1.807, 2.05) is 14.0 Å². The third-order valence-electron chi connectivity index (χ3n) is 2.18. The lowest BCUT2D eigenvalue weighted by Gasteiger charge is -1.98. The Hall–Kier alpha value is -1.63. The zero-order chi connectivity index (χ0) is 10.3. The summed E-state index contributed by atoms with van der Waals surface area (Å²) < 4.78 is 3.48. The summed E-state index contributed by atoms with van der Waals surface area (Å²) in [7, 11) is 1.86. The van der Waals surface area contributed by atoms with Crippen LogP contribution in [-0.4, -0.2) is 24.7 Å². The van der Waals surface area contributed by atoms with Gasteiger partial charge in [-0.2, -0.15) is 10.2 Å². The van der Waals surface area contributed by atoms with E-state index in [1.54, 1.807) is 10.9 Å². The van der Waals surface area contributed by atoms with Crippen molar-refractivity contribution in [2.24, 2.45) is 7.05 Å². The quantitative estimate of drug-likeness (QED) is 0.526. The Balaban J connectivity index is 2.66. The van der Waals surface area contributed by atoms with Gasteiger partial charge in [0.2, 0.25) is 4.77 Å². The minimum absolute atomic E-state index is 0.392. The summed E-state index contributed by atoms with van der Waals surface area (Å²) in [6, 6.07) is 0. The van der Waals surface area contributed by atoms with Crippen molar-refractivity contribution in [1.29, 1.82) is 0 Å². The summed E-state index contributed by atoms with van der Waals surface area (Å²) in [6.45, 7) is 1.94. The number of aromatic amines is 1. The van der Waals surface area contributed by atoms with Crippen molar-refractivity contribution in [3.8, 4) is 11.4 Å². The summed E-state index contributed by atoms with van der Waals surface area (Å²) >= 11 is 4.92. The van der Waals surface area contributed by atoms with E-state index in [9.17, 15) is 0 Å². The fraction of sp³-hybridized carbons (Fsp3) is 0.286. The molecular formula is C7H10N6S. The smallest absolute Gasteiger partial charge is 0.214 e. The Morgan fingerprint density at radius 1 is 1.57 bits per heavy atom. The maximum Gasteiger partial charge on any atom is 0.214 e. The van der Waals surface area contributed by atoms with E-state index < -0.39 is 0 Å². The van der Waals surface area contributed by atoms with Crippen LogP contribution in [0.25, 0.3) is 11.4 Å². The van der Waals surface area contributed by atoms with Gasteiger partial charge in [0, 0.05) is 12.7 Å². The summed E-state index contributed by atoms with van der Waals surface area (Å²) in [6.07, 6.45) is 1.71. The highest BCUT2D eigenvalue weighted by molar-refractivity contribution is 7.71. The minimum Gasteiger partial charge on any atom is -0.335 e. The molecule has 0 saturated carbocycles. The molecule has 0 fully saturated rings. The van der Waals surface area contributed by atoms with E-state index in [1.165, 1.54) is 4.68 Å². The van der Waals surface area contributed by atoms with Crippen LogP contribution in [0.2, 0.25) is 0 Å². The second kappa shape index (κ2) is 2.95. The third kappa shape index (κ3) is 1.13. The fourth-order valence-electron chi connectivity index (χ4n) is 1.21. The molecule has 7 heteroatoms. The summed E-state index contributed by atoms with van der Waals surface area (Å²) in [4.78, 5) is 0. The first-order valence-electron chi connectivity index (χ1n) is 4.02. The molecule has 0 saturated heterocycles. The van der Waals surface area contributed by atoms with Gasteiger partial charge in [-0.3, -0.25) is 4.68 Å². The van der Waals surface area contributed by atoms with Crippen LogP contribution in [0, 0.1) is 11.7 Å². The topological polar surface area (TPSA) is 77.4 Å². The maximum atomic E-state index is 5.69. The van der Waals surface area contributed by atoms with Gasteiger partial charge >= 0.3 is 0 Å². The number of nitrogens with one attached hydrogen (secondary N) is 1. The Morgan fingerprint density at radius 2 is 2.29 bits per heavy atom. The van der Waals surface area contributed by atoms with Crippen molar-refractivity contribution < 1.29 is 0 Å². The van der Waals surface area contributed by atoms with E-state index in [4.69, 9.17) is 18.1 Å². The van der Waals surface area contributed by atoms with Gasteiger partial charge in [-0.25, -0.2) is 9.77 Å². The highest BCUT2D eigenvalue weighted by Gasteiger charge is 2.12.